The number of phenolic OH excluding ortho intramolecular Hbond substituents is 1. The van der Waals surface area contributed by atoms with Gasteiger partial charge in [0.25, 0.3) is 5.91 Å². The first-order valence-electron chi connectivity index (χ1n) is 10.7. The number of ether oxygens (including phenoxy) is 1. The molecule has 1 fully saturated rings. The van der Waals surface area contributed by atoms with Crippen LogP contribution < -0.4 is 10.1 Å². The summed E-state index contributed by atoms with van der Waals surface area (Å²) in [6.07, 6.45) is 5.33. The summed E-state index contributed by atoms with van der Waals surface area (Å²) in [6.45, 7) is 1.82. The van der Waals surface area contributed by atoms with E-state index in [9.17, 15) is 19.5 Å². The molecule has 0 radical (unpaired) electrons. The number of anilines is 1. The van der Waals surface area contributed by atoms with E-state index in [2.05, 4.69) is 5.32 Å². The molecule has 2 aliphatic rings. The molecule has 0 unspecified atom stereocenters. The van der Waals surface area contributed by atoms with Crippen LogP contribution in [0.15, 0.2) is 24.3 Å². The third-order valence-electron chi connectivity index (χ3n) is 6.34. The molecule has 8 heteroatoms. The number of hydrogen-bond donors (Lipinski definition) is 3. The lowest BCUT2D eigenvalue weighted by Crippen LogP contribution is -2.41. The molecule has 2 aliphatic carbocycles. The smallest absolute Gasteiger partial charge is 0.394 e. The Morgan fingerprint density at radius 1 is 1.09 bits per heavy atom. The summed E-state index contributed by atoms with van der Waals surface area (Å²) < 4.78 is 6.17. The van der Waals surface area contributed by atoms with Crippen LogP contribution in [-0.2, 0) is 22.4 Å². The van der Waals surface area contributed by atoms with E-state index in [1.807, 2.05) is 6.92 Å². The molecule has 0 aliphatic heterocycles. The maximum absolute atomic E-state index is 12.9. The zero-order valence-corrected chi connectivity index (χ0v) is 18.1. The first-order chi connectivity index (χ1) is 15.3. The number of phenols is 1. The minimum atomic E-state index is -1.54. The SMILES string of the molecule is Cc1cc(NC(=O)C(=O)O)c2c(c1Oc1ccc(O)c(C(=O)N(C)C3CCC3)c1)CCC2. The highest BCUT2D eigenvalue weighted by atomic mass is 16.5. The number of carboxylic acid groups (broad SMARTS) is 1. The number of aryl methyl sites for hydroxylation is 1. The maximum atomic E-state index is 12.9. The van der Waals surface area contributed by atoms with Crippen molar-refractivity contribution in [3.8, 4) is 17.2 Å². The number of hydrogen-bond acceptors (Lipinski definition) is 5. The number of carbonyl (C=O) groups excluding carboxylic acids is 2. The molecule has 0 bridgehead atoms. The number of carboxylic acids is 1. The number of rotatable bonds is 5. The van der Waals surface area contributed by atoms with Gasteiger partial charge in [-0.05, 0) is 80.8 Å². The molecule has 0 atom stereocenters. The van der Waals surface area contributed by atoms with Gasteiger partial charge in [-0.15, -0.1) is 0 Å². The Morgan fingerprint density at radius 2 is 1.81 bits per heavy atom. The van der Waals surface area contributed by atoms with E-state index in [1.165, 1.54) is 6.07 Å². The Kier molecular flexibility index (Phi) is 5.78. The van der Waals surface area contributed by atoms with Crippen molar-refractivity contribution in [2.24, 2.45) is 0 Å². The average Bonchev–Trinajstić information content (AvgIpc) is 3.20. The lowest BCUT2D eigenvalue weighted by Gasteiger charge is -2.34. The number of nitrogens with one attached hydrogen (secondary N) is 1. The van der Waals surface area contributed by atoms with Crippen LogP contribution in [0.4, 0.5) is 5.69 Å². The molecule has 0 heterocycles. The number of aromatic hydroxyl groups is 1. The van der Waals surface area contributed by atoms with E-state index in [0.717, 1.165) is 48.8 Å². The van der Waals surface area contributed by atoms with Crippen molar-refractivity contribution in [2.45, 2.75) is 51.5 Å². The summed E-state index contributed by atoms with van der Waals surface area (Å²) in [5, 5.41) is 21.6. The monoisotopic (exact) mass is 438 g/mol. The van der Waals surface area contributed by atoms with Gasteiger partial charge in [-0.25, -0.2) is 4.79 Å². The summed E-state index contributed by atoms with van der Waals surface area (Å²) in [5.74, 6) is -1.91. The Balaban J connectivity index is 1.63. The third-order valence-corrected chi connectivity index (χ3v) is 6.34. The number of fused-ring (bicyclic) bond motifs is 1. The molecule has 2 aromatic rings. The van der Waals surface area contributed by atoms with E-state index in [1.54, 1.807) is 30.1 Å². The fourth-order valence-corrected chi connectivity index (χ4v) is 4.33. The first kappa shape index (κ1) is 21.7. The highest BCUT2D eigenvalue weighted by Gasteiger charge is 2.28. The summed E-state index contributed by atoms with van der Waals surface area (Å²) in [6, 6.07) is 6.51. The van der Waals surface area contributed by atoms with Crippen molar-refractivity contribution in [1.82, 2.24) is 4.90 Å². The molecule has 3 N–H and O–H groups in total. The molecule has 2 amide bonds. The predicted octanol–water partition coefficient (Wildman–Crippen LogP) is 3.63. The minimum absolute atomic E-state index is 0.0952. The van der Waals surface area contributed by atoms with Gasteiger partial charge < -0.3 is 25.2 Å². The van der Waals surface area contributed by atoms with Gasteiger partial charge in [-0.3, -0.25) is 9.59 Å². The summed E-state index contributed by atoms with van der Waals surface area (Å²) in [4.78, 5) is 37.2. The van der Waals surface area contributed by atoms with Crippen LogP contribution in [-0.4, -0.2) is 46.0 Å². The van der Waals surface area contributed by atoms with Crippen molar-refractivity contribution < 1.29 is 29.3 Å². The van der Waals surface area contributed by atoms with Crippen molar-refractivity contribution in [1.29, 1.82) is 0 Å². The van der Waals surface area contributed by atoms with Gasteiger partial charge in [0.1, 0.15) is 17.2 Å². The molecular weight excluding hydrogens is 412 g/mol. The second kappa shape index (κ2) is 8.53. The average molecular weight is 438 g/mol. The Hall–Kier alpha value is -3.55. The summed E-state index contributed by atoms with van der Waals surface area (Å²) in [7, 11) is 1.75. The second-order valence-electron chi connectivity index (χ2n) is 8.42. The lowest BCUT2D eigenvalue weighted by atomic mass is 9.91. The number of amides is 2. The lowest BCUT2D eigenvalue weighted by molar-refractivity contribution is -0.147. The number of carbonyl (C=O) groups is 3. The Bertz CT molecular complexity index is 1110. The van der Waals surface area contributed by atoms with Crippen molar-refractivity contribution in [3.63, 3.8) is 0 Å². The largest absolute Gasteiger partial charge is 0.507 e. The molecular formula is C24H26N2O6. The molecule has 2 aromatic carbocycles. The van der Waals surface area contributed by atoms with Crippen molar-refractivity contribution in [2.75, 3.05) is 12.4 Å². The van der Waals surface area contributed by atoms with Crippen LogP contribution in [0.2, 0.25) is 0 Å². The summed E-state index contributed by atoms with van der Waals surface area (Å²) in [5.41, 5.74) is 3.19. The van der Waals surface area contributed by atoms with Crippen LogP contribution in [0.5, 0.6) is 17.2 Å². The molecule has 0 saturated heterocycles. The zero-order valence-electron chi connectivity index (χ0n) is 18.1. The van der Waals surface area contributed by atoms with Gasteiger partial charge in [0.15, 0.2) is 0 Å². The fourth-order valence-electron chi connectivity index (χ4n) is 4.33. The molecule has 8 nitrogen and oxygen atoms in total. The molecule has 0 aromatic heterocycles. The van der Waals surface area contributed by atoms with Crippen LogP contribution in [0, 0.1) is 6.92 Å². The molecule has 1 saturated carbocycles. The van der Waals surface area contributed by atoms with Gasteiger partial charge in [0.2, 0.25) is 0 Å². The van der Waals surface area contributed by atoms with E-state index in [0.29, 0.717) is 23.6 Å². The minimum Gasteiger partial charge on any atom is -0.507 e. The Labute approximate surface area is 185 Å². The zero-order chi connectivity index (χ0) is 23.0. The first-order valence-corrected chi connectivity index (χ1v) is 10.7. The normalized spacial score (nSPS) is 14.9. The van der Waals surface area contributed by atoms with Gasteiger partial charge in [-0.2, -0.15) is 0 Å². The van der Waals surface area contributed by atoms with E-state index in [-0.39, 0.29) is 23.3 Å². The van der Waals surface area contributed by atoms with Gasteiger partial charge >= 0.3 is 11.9 Å². The van der Waals surface area contributed by atoms with Gasteiger partial charge in [0, 0.05) is 24.3 Å². The van der Waals surface area contributed by atoms with Crippen LogP contribution in [0.1, 0.15) is 52.7 Å². The summed E-state index contributed by atoms with van der Waals surface area (Å²) >= 11 is 0. The predicted molar refractivity (Wildman–Crippen MR) is 117 cm³/mol. The van der Waals surface area contributed by atoms with Crippen LogP contribution >= 0.6 is 0 Å². The van der Waals surface area contributed by atoms with Crippen LogP contribution in [0.3, 0.4) is 0 Å². The van der Waals surface area contributed by atoms with E-state index in [4.69, 9.17) is 9.84 Å². The topological polar surface area (TPSA) is 116 Å². The quantitative estimate of drug-likeness (QED) is 0.614. The molecule has 168 valence electrons. The van der Waals surface area contributed by atoms with Crippen molar-refractivity contribution >= 4 is 23.5 Å². The van der Waals surface area contributed by atoms with Crippen molar-refractivity contribution in [3.05, 3.63) is 46.5 Å². The highest BCUT2D eigenvalue weighted by molar-refractivity contribution is 6.36. The molecule has 0 spiro atoms. The number of aliphatic carboxylic acids is 1. The highest BCUT2D eigenvalue weighted by Crippen LogP contribution is 2.41. The standard InChI is InChI=1S/C24H26N2O6/c1-13-11-19(25-22(28)24(30)31)16-7-4-8-17(16)21(13)32-15-9-10-20(27)18(12-15)23(29)26(2)14-5-3-6-14/h9-12,14,27H,3-8H2,1-2H3,(H,25,28)(H,30,31). The second-order valence-corrected chi connectivity index (χ2v) is 8.42. The van der Waals surface area contributed by atoms with Gasteiger partial charge in [0.05, 0.1) is 5.56 Å². The number of benzene rings is 2. The maximum Gasteiger partial charge on any atom is 0.394 e. The number of nitrogens with zero attached hydrogens (tertiary/aromatic N) is 1. The Morgan fingerprint density at radius 3 is 2.47 bits per heavy atom. The third kappa shape index (κ3) is 4.00. The molecule has 32 heavy (non-hydrogen) atoms. The van der Waals surface area contributed by atoms with Crippen LogP contribution in [0.25, 0.3) is 0 Å². The van der Waals surface area contributed by atoms with E-state index < -0.39 is 11.9 Å². The van der Waals surface area contributed by atoms with E-state index >= 15 is 0 Å². The fraction of sp³-hybridized carbons (Fsp3) is 0.375. The molecule has 4 rings (SSSR count). The van der Waals surface area contributed by atoms with Gasteiger partial charge in [-0.1, -0.05) is 0 Å².